The molecule has 0 bridgehead atoms. The lowest BCUT2D eigenvalue weighted by Gasteiger charge is -2.08. The Bertz CT molecular complexity index is 558. The van der Waals surface area contributed by atoms with E-state index in [1.54, 1.807) is 18.5 Å². The summed E-state index contributed by atoms with van der Waals surface area (Å²) in [6.07, 6.45) is 4.08. The molecule has 88 valence electrons. The van der Waals surface area contributed by atoms with Gasteiger partial charge in [-0.15, -0.1) is 0 Å². The second-order valence-electron chi connectivity index (χ2n) is 3.58. The van der Waals surface area contributed by atoms with Gasteiger partial charge < -0.3 is 10.2 Å². The molecule has 2 N–H and O–H groups in total. The molecule has 0 unspecified atom stereocenters. The normalized spacial score (nSPS) is 10.5. The Hall–Kier alpha value is -1.07. The fourth-order valence-electron chi connectivity index (χ4n) is 1.48. The number of benzene rings is 1. The molecule has 1 heterocycles. The molecule has 0 aliphatic heterocycles. The summed E-state index contributed by atoms with van der Waals surface area (Å²) in [6.45, 7) is 0. The van der Waals surface area contributed by atoms with Gasteiger partial charge in [0.1, 0.15) is 0 Å². The van der Waals surface area contributed by atoms with Crippen LogP contribution in [0.1, 0.15) is 11.1 Å². The number of aromatic hydroxyl groups is 2. The molecule has 17 heavy (non-hydrogen) atoms. The molecule has 0 fully saturated rings. The number of nitrogens with zero attached hydrogens (tertiary/aromatic N) is 1. The number of hydrogen-bond acceptors (Lipinski definition) is 3. The van der Waals surface area contributed by atoms with Crippen LogP contribution in [0.25, 0.3) is 0 Å². The largest absolute Gasteiger partial charge is 0.504 e. The van der Waals surface area contributed by atoms with E-state index in [1.807, 2.05) is 6.07 Å². The van der Waals surface area contributed by atoms with Crippen molar-refractivity contribution in [2.45, 2.75) is 6.42 Å². The lowest BCUT2D eigenvalue weighted by atomic mass is 10.1. The first-order chi connectivity index (χ1) is 8.08. The van der Waals surface area contributed by atoms with Crippen molar-refractivity contribution in [1.82, 2.24) is 4.98 Å². The average molecular weight is 359 g/mol. The van der Waals surface area contributed by atoms with Gasteiger partial charge in [0.05, 0.1) is 0 Å². The Morgan fingerprint density at radius 3 is 2.41 bits per heavy atom. The molecule has 1 aromatic heterocycles. The zero-order valence-electron chi connectivity index (χ0n) is 8.69. The van der Waals surface area contributed by atoms with E-state index in [2.05, 4.69) is 36.8 Å². The molecular formula is C12H9Br2NO2. The second kappa shape index (κ2) is 5.06. The van der Waals surface area contributed by atoms with Crippen LogP contribution in [0.2, 0.25) is 0 Å². The summed E-state index contributed by atoms with van der Waals surface area (Å²) in [4.78, 5) is 4.05. The summed E-state index contributed by atoms with van der Waals surface area (Å²) in [5.74, 6) is -0.255. The topological polar surface area (TPSA) is 53.4 Å². The predicted octanol–water partition coefficient (Wildman–Crippen LogP) is 3.61. The van der Waals surface area contributed by atoms with Crippen LogP contribution in [0, 0.1) is 0 Å². The van der Waals surface area contributed by atoms with Crippen LogP contribution in [0.15, 0.2) is 39.5 Å². The maximum Gasteiger partial charge on any atom is 0.158 e. The molecule has 2 rings (SSSR count). The van der Waals surface area contributed by atoms with Gasteiger partial charge in [0.15, 0.2) is 11.5 Å². The van der Waals surface area contributed by atoms with Crippen molar-refractivity contribution in [3.63, 3.8) is 0 Å². The number of phenols is 2. The third kappa shape index (κ3) is 2.79. The van der Waals surface area contributed by atoms with Crippen LogP contribution in [0.3, 0.4) is 0 Å². The van der Waals surface area contributed by atoms with E-state index in [-0.39, 0.29) is 11.5 Å². The van der Waals surface area contributed by atoms with Crippen molar-refractivity contribution in [2.75, 3.05) is 0 Å². The van der Waals surface area contributed by atoms with E-state index >= 15 is 0 Å². The number of pyridine rings is 1. The lowest BCUT2D eigenvalue weighted by molar-refractivity contribution is 0.403. The summed E-state index contributed by atoms with van der Waals surface area (Å²) in [7, 11) is 0. The molecule has 0 radical (unpaired) electrons. The number of hydrogen-bond donors (Lipinski definition) is 2. The summed E-state index contributed by atoms with van der Waals surface area (Å²) < 4.78 is 1.72. The van der Waals surface area contributed by atoms with Gasteiger partial charge in [-0.3, -0.25) is 4.98 Å². The molecule has 0 aliphatic carbocycles. The summed E-state index contributed by atoms with van der Waals surface area (Å²) >= 11 is 6.80. The van der Waals surface area contributed by atoms with Crippen LogP contribution in [0.5, 0.6) is 11.5 Å². The highest BCUT2D eigenvalue weighted by atomic mass is 79.9. The Kier molecular flexibility index (Phi) is 3.69. The minimum atomic E-state index is -0.133. The Morgan fingerprint density at radius 2 is 1.71 bits per heavy atom. The third-order valence-corrected chi connectivity index (χ3v) is 3.88. The van der Waals surface area contributed by atoms with Gasteiger partial charge in [-0.05, 0) is 29.3 Å². The molecule has 0 atom stereocenters. The number of phenolic OH excluding ortho intramolecular Hbond substituents is 2. The van der Waals surface area contributed by atoms with E-state index in [1.165, 1.54) is 6.07 Å². The Balaban J connectivity index is 2.37. The number of halogens is 2. The first kappa shape index (κ1) is 12.4. The fraction of sp³-hybridized carbons (Fsp3) is 0.0833. The molecule has 5 heteroatoms. The predicted molar refractivity (Wildman–Crippen MR) is 72.2 cm³/mol. The quantitative estimate of drug-likeness (QED) is 0.806. The summed E-state index contributed by atoms with van der Waals surface area (Å²) in [6, 6.07) is 4.89. The molecular weight excluding hydrogens is 350 g/mol. The standard InChI is InChI=1S/C12H9Br2NO2/c13-9-1-2-15-6-8(9)3-7-4-11(16)12(17)5-10(7)14/h1-2,4-6,16-17H,3H2. The smallest absolute Gasteiger partial charge is 0.158 e. The molecule has 2 aromatic rings. The molecule has 0 aliphatic rings. The van der Waals surface area contributed by atoms with Crippen LogP contribution in [-0.2, 0) is 6.42 Å². The van der Waals surface area contributed by atoms with Crippen molar-refractivity contribution in [2.24, 2.45) is 0 Å². The molecule has 1 aromatic carbocycles. The van der Waals surface area contributed by atoms with Crippen LogP contribution in [0.4, 0.5) is 0 Å². The number of rotatable bonds is 2. The maximum absolute atomic E-state index is 9.47. The zero-order valence-corrected chi connectivity index (χ0v) is 11.9. The molecule has 3 nitrogen and oxygen atoms in total. The summed E-state index contributed by atoms with van der Waals surface area (Å²) in [5, 5.41) is 18.8. The van der Waals surface area contributed by atoms with E-state index in [0.717, 1.165) is 20.1 Å². The van der Waals surface area contributed by atoms with Crippen LogP contribution in [-0.4, -0.2) is 15.2 Å². The first-order valence-electron chi connectivity index (χ1n) is 4.86. The average Bonchev–Trinajstić information content (AvgIpc) is 2.29. The van der Waals surface area contributed by atoms with Gasteiger partial charge in [0.25, 0.3) is 0 Å². The highest BCUT2D eigenvalue weighted by Gasteiger charge is 2.09. The maximum atomic E-state index is 9.47. The van der Waals surface area contributed by atoms with E-state index in [4.69, 9.17) is 0 Å². The Morgan fingerprint density at radius 1 is 1.00 bits per heavy atom. The van der Waals surface area contributed by atoms with Crippen molar-refractivity contribution < 1.29 is 10.2 Å². The van der Waals surface area contributed by atoms with Gasteiger partial charge >= 0.3 is 0 Å². The molecule has 0 saturated heterocycles. The third-order valence-electron chi connectivity index (χ3n) is 2.37. The fourth-order valence-corrected chi connectivity index (χ4v) is 2.31. The van der Waals surface area contributed by atoms with Crippen molar-refractivity contribution >= 4 is 31.9 Å². The minimum Gasteiger partial charge on any atom is -0.504 e. The van der Waals surface area contributed by atoms with Crippen molar-refractivity contribution in [1.29, 1.82) is 0 Å². The van der Waals surface area contributed by atoms with E-state index < -0.39 is 0 Å². The number of aromatic nitrogens is 1. The van der Waals surface area contributed by atoms with Crippen molar-refractivity contribution in [3.05, 3.63) is 50.7 Å². The SMILES string of the molecule is Oc1cc(Br)c(Cc2cnccc2Br)cc1O. The summed E-state index contributed by atoms with van der Waals surface area (Å²) in [5.41, 5.74) is 1.90. The second-order valence-corrected chi connectivity index (χ2v) is 5.28. The highest BCUT2D eigenvalue weighted by molar-refractivity contribution is 9.10. The van der Waals surface area contributed by atoms with Gasteiger partial charge in [0, 0.05) is 27.8 Å². The molecule has 0 spiro atoms. The minimum absolute atomic E-state index is 0.122. The van der Waals surface area contributed by atoms with Crippen LogP contribution >= 0.6 is 31.9 Å². The van der Waals surface area contributed by atoms with Gasteiger partial charge in [-0.25, -0.2) is 0 Å². The Labute approximate surface area is 115 Å². The lowest BCUT2D eigenvalue weighted by Crippen LogP contribution is -1.92. The van der Waals surface area contributed by atoms with Gasteiger partial charge in [-0.2, -0.15) is 0 Å². The molecule has 0 amide bonds. The van der Waals surface area contributed by atoms with E-state index in [9.17, 15) is 10.2 Å². The van der Waals surface area contributed by atoms with Gasteiger partial charge in [-0.1, -0.05) is 31.9 Å². The van der Waals surface area contributed by atoms with Crippen LogP contribution < -0.4 is 0 Å². The van der Waals surface area contributed by atoms with Crippen molar-refractivity contribution in [3.8, 4) is 11.5 Å². The zero-order chi connectivity index (χ0) is 12.4. The first-order valence-corrected chi connectivity index (χ1v) is 6.45. The van der Waals surface area contributed by atoms with E-state index in [0.29, 0.717) is 6.42 Å². The molecule has 0 saturated carbocycles. The monoisotopic (exact) mass is 357 g/mol. The van der Waals surface area contributed by atoms with Gasteiger partial charge in [0.2, 0.25) is 0 Å². The highest BCUT2D eigenvalue weighted by Crippen LogP contribution is 2.33.